The summed E-state index contributed by atoms with van der Waals surface area (Å²) in [5, 5.41) is 30.9. The normalized spacial score (nSPS) is 7.47. The lowest BCUT2D eigenvalue weighted by molar-refractivity contribution is -0.135. The summed E-state index contributed by atoms with van der Waals surface area (Å²) in [6, 6.07) is 0. The summed E-state index contributed by atoms with van der Waals surface area (Å²) < 4.78 is 0. The van der Waals surface area contributed by atoms with Crippen molar-refractivity contribution in [3.05, 3.63) is 0 Å². The van der Waals surface area contributed by atoms with E-state index in [1.807, 2.05) is 0 Å². The molecule has 0 aromatic rings. The van der Waals surface area contributed by atoms with Crippen molar-refractivity contribution in [2.75, 3.05) is 13.2 Å². The number of aliphatic hydroxyl groups excluding tert-OH is 2. The quantitative estimate of drug-likeness (QED) is 0.489. The van der Waals surface area contributed by atoms with Crippen LogP contribution in [0.3, 0.4) is 0 Å². The van der Waals surface area contributed by atoms with E-state index in [0.717, 1.165) is 13.8 Å². The van der Waals surface area contributed by atoms with Gasteiger partial charge in [0.25, 0.3) is 11.9 Å². The molecular formula is C8H16O7. The topological polar surface area (TPSA) is 132 Å². The van der Waals surface area contributed by atoms with Crippen molar-refractivity contribution < 1.29 is 34.8 Å². The highest BCUT2D eigenvalue weighted by Crippen LogP contribution is 1.75. The van der Waals surface area contributed by atoms with Gasteiger partial charge in [-0.15, -0.1) is 0 Å². The molecule has 0 saturated carbocycles. The summed E-state index contributed by atoms with van der Waals surface area (Å²) >= 11 is 0. The van der Waals surface area contributed by atoms with E-state index in [9.17, 15) is 4.79 Å². The molecule has 0 aliphatic carbocycles. The van der Waals surface area contributed by atoms with E-state index in [1.165, 1.54) is 0 Å². The van der Waals surface area contributed by atoms with Crippen LogP contribution in [0.15, 0.2) is 0 Å². The van der Waals surface area contributed by atoms with E-state index >= 15 is 0 Å². The summed E-state index contributed by atoms with van der Waals surface area (Å²) in [7, 11) is 0. The number of carbonyl (C=O) groups excluding carboxylic acids is 1. The lowest BCUT2D eigenvalue weighted by Gasteiger charge is -1.86. The number of hydrogen-bond acceptors (Lipinski definition) is 5. The van der Waals surface area contributed by atoms with Gasteiger partial charge in [0.15, 0.2) is 5.78 Å². The molecule has 0 amide bonds. The summed E-state index contributed by atoms with van der Waals surface area (Å²) in [6.07, 6.45) is 0.0660. The number of carboxylic acid groups (broad SMARTS) is 2. The molecule has 0 aromatic carbocycles. The van der Waals surface area contributed by atoms with E-state index in [1.54, 1.807) is 0 Å². The zero-order valence-corrected chi connectivity index (χ0v) is 8.63. The molecule has 0 bridgehead atoms. The number of hydrogen-bond donors (Lipinski definition) is 4. The number of carbonyl (C=O) groups is 3. The Morgan fingerprint density at radius 2 is 1.20 bits per heavy atom. The van der Waals surface area contributed by atoms with Gasteiger partial charge in [0.05, 0.1) is 6.61 Å². The van der Waals surface area contributed by atoms with E-state index in [4.69, 9.17) is 30.0 Å². The zero-order valence-electron chi connectivity index (χ0n) is 8.63. The van der Waals surface area contributed by atoms with Gasteiger partial charge in [0.1, 0.15) is 6.61 Å². The Bertz CT molecular complexity index is 167. The van der Waals surface area contributed by atoms with Crippen LogP contribution in [0, 0.1) is 0 Å². The van der Waals surface area contributed by atoms with Crippen molar-refractivity contribution in [3.8, 4) is 0 Å². The smallest absolute Gasteiger partial charge is 0.300 e. The highest BCUT2D eigenvalue weighted by molar-refractivity contribution is 5.79. The maximum absolute atomic E-state index is 10.0. The summed E-state index contributed by atoms with van der Waals surface area (Å²) in [5.41, 5.74) is 0. The Hall–Kier alpha value is -1.47. The summed E-state index contributed by atoms with van der Waals surface area (Å²) in [4.78, 5) is 28.0. The first-order chi connectivity index (χ1) is 6.77. The molecule has 0 fully saturated rings. The van der Waals surface area contributed by atoms with Crippen LogP contribution in [0.1, 0.15) is 20.3 Å². The lowest BCUT2D eigenvalue weighted by Crippen LogP contribution is -2.04. The fourth-order valence-corrected chi connectivity index (χ4v) is 0.204. The molecule has 0 radical (unpaired) electrons. The van der Waals surface area contributed by atoms with Crippen LogP contribution >= 0.6 is 0 Å². The number of aliphatic hydroxyl groups is 2. The second kappa shape index (κ2) is 15.0. The fraction of sp³-hybridized carbons (Fsp3) is 0.625. The standard InChI is InChI=1S/C4H8O3.2C2H4O2/c5-2-1-4(7)3-6;2*1-2(3)4/h5-6H,1-3H2;2*1H3,(H,3,4). The number of aliphatic carboxylic acids is 2. The third-order valence-corrected chi connectivity index (χ3v) is 0.567. The number of carboxylic acids is 2. The predicted molar refractivity (Wildman–Crippen MR) is 50.4 cm³/mol. The minimum atomic E-state index is -0.833. The second-order valence-corrected chi connectivity index (χ2v) is 2.21. The van der Waals surface area contributed by atoms with Gasteiger partial charge < -0.3 is 20.4 Å². The van der Waals surface area contributed by atoms with Crippen LogP contribution in [0.4, 0.5) is 0 Å². The highest BCUT2D eigenvalue weighted by atomic mass is 16.4. The van der Waals surface area contributed by atoms with Crippen molar-refractivity contribution in [2.24, 2.45) is 0 Å². The largest absolute Gasteiger partial charge is 0.481 e. The molecule has 0 atom stereocenters. The van der Waals surface area contributed by atoms with Gasteiger partial charge in [-0.2, -0.15) is 0 Å². The predicted octanol–water partition coefficient (Wildman–Crippen LogP) is -0.888. The van der Waals surface area contributed by atoms with Crippen LogP contribution in [-0.4, -0.2) is 51.4 Å². The van der Waals surface area contributed by atoms with Gasteiger partial charge in [-0.3, -0.25) is 14.4 Å². The molecule has 0 aromatic heterocycles. The van der Waals surface area contributed by atoms with Crippen LogP contribution in [0.25, 0.3) is 0 Å². The third kappa shape index (κ3) is 111. The average Bonchev–Trinajstić information content (AvgIpc) is 2.02. The average molecular weight is 224 g/mol. The third-order valence-electron chi connectivity index (χ3n) is 0.567. The van der Waals surface area contributed by atoms with Gasteiger partial charge in [-0.05, 0) is 0 Å². The minimum Gasteiger partial charge on any atom is -0.481 e. The Morgan fingerprint density at radius 3 is 1.27 bits per heavy atom. The van der Waals surface area contributed by atoms with E-state index in [2.05, 4.69) is 0 Å². The van der Waals surface area contributed by atoms with Crippen LogP contribution in [-0.2, 0) is 14.4 Å². The molecule has 0 spiro atoms. The van der Waals surface area contributed by atoms with Gasteiger partial charge in [0.2, 0.25) is 0 Å². The maximum Gasteiger partial charge on any atom is 0.300 e. The number of Topliss-reactive ketones (excluding diaryl/α,β-unsaturated/α-hetero) is 1. The molecule has 0 unspecified atom stereocenters. The van der Waals surface area contributed by atoms with E-state index in [-0.39, 0.29) is 18.8 Å². The lowest BCUT2D eigenvalue weighted by atomic mass is 10.3. The summed E-state index contributed by atoms with van der Waals surface area (Å²) in [5.74, 6) is -1.98. The first-order valence-corrected chi connectivity index (χ1v) is 3.90. The van der Waals surface area contributed by atoms with Crippen molar-refractivity contribution in [1.29, 1.82) is 0 Å². The number of rotatable bonds is 3. The molecule has 0 heterocycles. The minimum absolute atomic E-state index is 0.0660. The molecule has 0 aliphatic heterocycles. The molecule has 90 valence electrons. The first-order valence-electron chi connectivity index (χ1n) is 3.90. The zero-order chi connectivity index (χ0) is 12.9. The first kappa shape index (κ1) is 19.2. The van der Waals surface area contributed by atoms with Crippen molar-refractivity contribution in [1.82, 2.24) is 0 Å². The molecule has 0 aliphatic rings. The Labute approximate surface area is 87.0 Å². The monoisotopic (exact) mass is 224 g/mol. The molecule has 0 saturated heterocycles. The van der Waals surface area contributed by atoms with Gasteiger partial charge in [-0.25, -0.2) is 0 Å². The Kier molecular flexibility index (Phi) is 19.2. The van der Waals surface area contributed by atoms with Crippen molar-refractivity contribution in [3.63, 3.8) is 0 Å². The maximum atomic E-state index is 10.0. The fourth-order valence-electron chi connectivity index (χ4n) is 0.204. The van der Waals surface area contributed by atoms with E-state index < -0.39 is 18.5 Å². The molecule has 0 rings (SSSR count). The second-order valence-electron chi connectivity index (χ2n) is 2.21. The molecule has 4 N–H and O–H groups in total. The van der Waals surface area contributed by atoms with Gasteiger partial charge >= 0.3 is 0 Å². The van der Waals surface area contributed by atoms with E-state index in [0.29, 0.717) is 0 Å². The SMILES string of the molecule is CC(=O)O.CC(=O)O.O=C(CO)CCO. The molecule has 7 nitrogen and oxygen atoms in total. The van der Waals surface area contributed by atoms with Crippen LogP contribution in [0.5, 0.6) is 0 Å². The van der Waals surface area contributed by atoms with Crippen molar-refractivity contribution >= 4 is 17.7 Å². The number of ketones is 1. The molecule has 15 heavy (non-hydrogen) atoms. The van der Waals surface area contributed by atoms with Gasteiger partial charge in [0, 0.05) is 20.3 Å². The summed E-state index contributed by atoms with van der Waals surface area (Å²) in [6.45, 7) is 1.54. The molecular weight excluding hydrogens is 208 g/mol. The molecule has 7 heteroatoms. The van der Waals surface area contributed by atoms with Crippen LogP contribution < -0.4 is 0 Å². The van der Waals surface area contributed by atoms with Crippen LogP contribution in [0.2, 0.25) is 0 Å². The highest BCUT2D eigenvalue weighted by Gasteiger charge is 1.93. The Morgan fingerprint density at radius 1 is 0.933 bits per heavy atom. The van der Waals surface area contributed by atoms with Gasteiger partial charge in [-0.1, -0.05) is 0 Å². The van der Waals surface area contributed by atoms with Crippen molar-refractivity contribution in [2.45, 2.75) is 20.3 Å². The Balaban J connectivity index is -0.000000155.